The molecule has 2 aliphatic rings. The van der Waals surface area contributed by atoms with E-state index < -0.39 is 5.97 Å². The summed E-state index contributed by atoms with van der Waals surface area (Å²) in [5.74, 6) is -0.581. The zero-order valence-electron chi connectivity index (χ0n) is 22.1. The number of esters is 1. The summed E-state index contributed by atoms with van der Waals surface area (Å²) in [6, 6.07) is 10.7. The number of fused-ring (bicyclic) bond motifs is 2. The van der Waals surface area contributed by atoms with Gasteiger partial charge in [-0.3, -0.25) is 19.2 Å². The third kappa shape index (κ3) is 5.64. The molecule has 204 valence electrons. The Bertz CT molecular complexity index is 1650. The minimum absolute atomic E-state index is 0.0232. The molecule has 0 bridgehead atoms. The first kappa shape index (κ1) is 27.5. The van der Waals surface area contributed by atoms with Crippen molar-refractivity contribution in [1.29, 1.82) is 0 Å². The number of carbonyl (C=O) groups excluding carboxylic acids is 3. The highest BCUT2D eigenvalue weighted by atomic mass is 32.1. The predicted molar refractivity (Wildman–Crippen MR) is 151 cm³/mol. The van der Waals surface area contributed by atoms with E-state index in [2.05, 4.69) is 9.97 Å². The molecule has 8 nitrogen and oxygen atoms in total. The van der Waals surface area contributed by atoms with Crippen LogP contribution in [0, 0.1) is 13.8 Å². The van der Waals surface area contributed by atoms with Crippen LogP contribution < -0.4 is 4.74 Å². The molecule has 0 fully saturated rings. The summed E-state index contributed by atoms with van der Waals surface area (Å²) in [6.07, 6.45) is 0.836. The lowest BCUT2D eigenvalue weighted by Crippen LogP contribution is -2.02. The molecular formula is C30H26N2O6S2. The molecule has 2 aliphatic carbocycles. The van der Waals surface area contributed by atoms with Gasteiger partial charge >= 0.3 is 11.9 Å². The Morgan fingerprint density at radius 3 is 2.27 bits per heavy atom. The lowest BCUT2D eigenvalue weighted by molar-refractivity contribution is -0.136. The molecule has 6 rings (SSSR count). The number of thiazole rings is 2. The summed E-state index contributed by atoms with van der Waals surface area (Å²) >= 11 is 3.15. The summed E-state index contributed by atoms with van der Waals surface area (Å²) in [5.41, 5.74) is 7.69. The Hall–Kier alpha value is -4.02. The number of aryl methyl sites for hydroxylation is 2. The summed E-state index contributed by atoms with van der Waals surface area (Å²) in [6.45, 7) is 5.24. The number of aromatic nitrogens is 2. The highest BCUT2D eigenvalue weighted by Gasteiger charge is 2.33. The van der Waals surface area contributed by atoms with Crippen LogP contribution in [0.3, 0.4) is 0 Å². The van der Waals surface area contributed by atoms with Crippen molar-refractivity contribution in [2.45, 2.75) is 51.9 Å². The van der Waals surface area contributed by atoms with Gasteiger partial charge in [0.25, 0.3) is 0 Å². The molecule has 40 heavy (non-hydrogen) atoms. The van der Waals surface area contributed by atoms with Crippen LogP contribution in [0.25, 0.3) is 0 Å². The van der Waals surface area contributed by atoms with Crippen molar-refractivity contribution in [3.05, 3.63) is 96.4 Å². The van der Waals surface area contributed by atoms with Gasteiger partial charge in [0.1, 0.15) is 10.8 Å². The van der Waals surface area contributed by atoms with Gasteiger partial charge in [-0.25, -0.2) is 9.97 Å². The maximum Gasteiger partial charge on any atom is 0.308 e. The van der Waals surface area contributed by atoms with Gasteiger partial charge in [0.05, 0.1) is 17.6 Å². The van der Waals surface area contributed by atoms with Crippen LogP contribution in [0.1, 0.15) is 90.3 Å². The number of hydrogen-bond acceptors (Lipinski definition) is 9. The maximum atomic E-state index is 12.2. The fourth-order valence-corrected chi connectivity index (χ4v) is 7.02. The summed E-state index contributed by atoms with van der Waals surface area (Å²) in [5, 5.41) is 11.8. The number of carboxylic acids is 1. The number of aliphatic carboxylic acids is 1. The van der Waals surface area contributed by atoms with E-state index in [9.17, 15) is 19.2 Å². The molecule has 2 heterocycles. The average molecular weight is 575 g/mol. The van der Waals surface area contributed by atoms with Crippen LogP contribution >= 0.6 is 22.7 Å². The first-order chi connectivity index (χ1) is 19.1. The number of rotatable bonds is 5. The Labute approximate surface area is 238 Å². The number of Topliss-reactive ketones (excluding diaryl/α,β-unsaturated/α-hetero) is 2. The Morgan fingerprint density at radius 1 is 0.975 bits per heavy atom. The molecule has 10 heteroatoms. The van der Waals surface area contributed by atoms with E-state index in [1.807, 2.05) is 31.4 Å². The number of carboxylic acid groups (broad SMARTS) is 1. The monoisotopic (exact) mass is 574 g/mol. The Morgan fingerprint density at radius 2 is 1.65 bits per heavy atom. The van der Waals surface area contributed by atoms with Gasteiger partial charge in [-0.15, -0.1) is 22.7 Å². The SMILES string of the molecule is CC(=O)Oc1ccc2c(c1)C(=O)CC2c1scnc1C.Cc1csc(C2CC(=O)c3cc(CC(=O)O)ccc32)n1. The molecule has 2 aromatic carbocycles. The molecule has 2 atom stereocenters. The van der Waals surface area contributed by atoms with Gasteiger partial charge in [-0.05, 0) is 48.7 Å². The fraction of sp³-hybridized carbons (Fsp3) is 0.267. The van der Waals surface area contributed by atoms with Crippen LogP contribution in [0.5, 0.6) is 5.75 Å². The summed E-state index contributed by atoms with van der Waals surface area (Å²) in [7, 11) is 0. The number of carbonyl (C=O) groups is 4. The van der Waals surface area contributed by atoms with Crippen molar-refractivity contribution in [2.75, 3.05) is 0 Å². The molecule has 0 amide bonds. The molecule has 2 unspecified atom stereocenters. The minimum Gasteiger partial charge on any atom is -0.481 e. The molecular weight excluding hydrogens is 548 g/mol. The van der Waals surface area contributed by atoms with Crippen LogP contribution in [0.15, 0.2) is 47.3 Å². The fourth-order valence-electron chi connectivity index (χ4n) is 5.19. The van der Waals surface area contributed by atoms with Crippen LogP contribution in [-0.4, -0.2) is 38.6 Å². The number of ketones is 2. The summed E-state index contributed by atoms with van der Waals surface area (Å²) < 4.78 is 5.04. The normalized spacial score (nSPS) is 17.2. The quantitative estimate of drug-likeness (QED) is 0.231. The first-order valence-electron chi connectivity index (χ1n) is 12.7. The van der Waals surface area contributed by atoms with Gasteiger partial charge in [0, 0.05) is 58.7 Å². The van der Waals surface area contributed by atoms with Crippen molar-refractivity contribution in [2.24, 2.45) is 0 Å². The second-order valence-electron chi connectivity index (χ2n) is 9.82. The smallest absolute Gasteiger partial charge is 0.308 e. The third-order valence-corrected chi connectivity index (χ3v) is 9.04. The van der Waals surface area contributed by atoms with E-state index in [-0.39, 0.29) is 35.8 Å². The lowest BCUT2D eigenvalue weighted by atomic mass is 9.98. The standard InChI is InChI=1S/2C15H13NO3S/c1-8-15(20-7-16-8)13-6-14(18)12-5-10(19-9(2)17)3-4-11(12)13;1-8-7-20-15(16-8)12-6-13(17)11-4-9(5-14(18)19)2-3-10(11)12/h3-5,7,13H,6H2,1-2H3;2-4,7,12H,5-6H2,1H3,(H,18,19). The second-order valence-corrected chi connectivity index (χ2v) is 11.6. The lowest BCUT2D eigenvalue weighted by Gasteiger charge is -2.10. The predicted octanol–water partition coefficient (Wildman–Crippen LogP) is 5.89. The number of nitrogens with zero attached hydrogens (tertiary/aromatic N) is 2. The van der Waals surface area contributed by atoms with Gasteiger partial charge < -0.3 is 9.84 Å². The summed E-state index contributed by atoms with van der Waals surface area (Å²) in [4.78, 5) is 55.9. The number of ether oxygens (including phenoxy) is 1. The van der Waals surface area contributed by atoms with Gasteiger partial charge in [-0.1, -0.05) is 18.2 Å². The molecule has 0 saturated carbocycles. The van der Waals surface area contributed by atoms with E-state index in [0.717, 1.165) is 32.4 Å². The molecule has 0 aliphatic heterocycles. The van der Waals surface area contributed by atoms with Gasteiger partial charge in [0.15, 0.2) is 11.6 Å². The number of hydrogen-bond donors (Lipinski definition) is 1. The minimum atomic E-state index is -0.887. The number of benzene rings is 2. The van der Waals surface area contributed by atoms with Crippen molar-refractivity contribution < 1.29 is 29.0 Å². The maximum absolute atomic E-state index is 12.2. The van der Waals surface area contributed by atoms with Crippen LogP contribution in [0.4, 0.5) is 0 Å². The van der Waals surface area contributed by atoms with Crippen molar-refractivity contribution in [3.63, 3.8) is 0 Å². The zero-order chi connectivity index (χ0) is 28.6. The first-order valence-corrected chi connectivity index (χ1v) is 14.4. The molecule has 1 N–H and O–H groups in total. The van der Waals surface area contributed by atoms with Crippen molar-refractivity contribution in [3.8, 4) is 5.75 Å². The molecule has 0 spiro atoms. The van der Waals surface area contributed by atoms with E-state index in [4.69, 9.17) is 9.84 Å². The highest BCUT2D eigenvalue weighted by Crippen LogP contribution is 2.42. The van der Waals surface area contributed by atoms with E-state index in [1.165, 1.54) is 6.92 Å². The van der Waals surface area contributed by atoms with E-state index in [0.29, 0.717) is 35.3 Å². The average Bonchev–Trinajstić information content (AvgIpc) is 3.66. The van der Waals surface area contributed by atoms with Crippen molar-refractivity contribution >= 4 is 46.2 Å². The van der Waals surface area contributed by atoms with Gasteiger partial charge in [-0.2, -0.15) is 0 Å². The molecule has 4 aromatic rings. The van der Waals surface area contributed by atoms with Crippen molar-refractivity contribution in [1.82, 2.24) is 9.97 Å². The third-order valence-electron chi connectivity index (χ3n) is 6.92. The topological polar surface area (TPSA) is 124 Å². The molecule has 0 radical (unpaired) electrons. The highest BCUT2D eigenvalue weighted by molar-refractivity contribution is 7.10. The van der Waals surface area contributed by atoms with E-state index in [1.54, 1.807) is 52.4 Å². The Balaban J connectivity index is 0.000000161. The van der Waals surface area contributed by atoms with Crippen LogP contribution in [-0.2, 0) is 16.0 Å². The Kier molecular flexibility index (Phi) is 7.73. The zero-order valence-corrected chi connectivity index (χ0v) is 23.7. The molecule has 2 aromatic heterocycles. The molecule has 0 saturated heterocycles. The van der Waals surface area contributed by atoms with Gasteiger partial charge in [0.2, 0.25) is 0 Å². The van der Waals surface area contributed by atoms with E-state index >= 15 is 0 Å². The van der Waals surface area contributed by atoms with Crippen LogP contribution in [0.2, 0.25) is 0 Å². The largest absolute Gasteiger partial charge is 0.481 e. The second kappa shape index (κ2) is 11.2.